The topological polar surface area (TPSA) is 85.0 Å². The molecular formula is C23H16BrN3O3S. The molecular weight excluding hydrogens is 478 g/mol. The molecule has 0 N–H and O–H groups in total. The average molecular weight is 494 g/mol. The van der Waals surface area contributed by atoms with E-state index in [9.17, 15) is 14.9 Å². The lowest BCUT2D eigenvalue weighted by molar-refractivity contribution is 0.0606. The Labute approximate surface area is 190 Å². The molecule has 0 saturated heterocycles. The van der Waals surface area contributed by atoms with Gasteiger partial charge in [0, 0.05) is 28.4 Å². The van der Waals surface area contributed by atoms with Gasteiger partial charge in [0.2, 0.25) is 0 Å². The Morgan fingerprint density at radius 2 is 1.97 bits per heavy atom. The van der Waals surface area contributed by atoms with Crippen LogP contribution in [0.4, 0.5) is 0 Å². The number of fused-ring (bicyclic) bond motifs is 1. The van der Waals surface area contributed by atoms with Gasteiger partial charge in [0.1, 0.15) is 16.6 Å². The summed E-state index contributed by atoms with van der Waals surface area (Å²) in [6.45, 7) is 0. The first-order chi connectivity index (χ1) is 15.0. The number of methoxy groups -OCH3 is 1. The second kappa shape index (κ2) is 8.46. The fourth-order valence-electron chi connectivity index (χ4n) is 3.60. The van der Waals surface area contributed by atoms with Crippen LogP contribution in [0.15, 0.2) is 48.5 Å². The van der Waals surface area contributed by atoms with Crippen molar-refractivity contribution >= 4 is 49.8 Å². The molecule has 154 valence electrons. The van der Waals surface area contributed by atoms with Crippen LogP contribution in [-0.4, -0.2) is 34.0 Å². The molecule has 2 aromatic heterocycles. The molecule has 31 heavy (non-hydrogen) atoms. The number of ketones is 1. The number of carbonyl (C=O) groups is 2. The first kappa shape index (κ1) is 21.0. The Morgan fingerprint density at radius 3 is 2.68 bits per heavy atom. The predicted octanol–water partition coefficient (Wildman–Crippen LogP) is 5.20. The van der Waals surface area contributed by atoms with E-state index in [1.807, 2.05) is 36.4 Å². The van der Waals surface area contributed by atoms with E-state index in [2.05, 4.69) is 27.1 Å². The van der Waals surface area contributed by atoms with Crippen molar-refractivity contribution in [1.29, 1.82) is 5.26 Å². The molecule has 6 nitrogen and oxygen atoms in total. The molecule has 0 spiro atoms. The molecule has 0 amide bonds. The number of thiophene rings is 1. The van der Waals surface area contributed by atoms with Crippen molar-refractivity contribution in [1.82, 2.24) is 9.78 Å². The number of halogens is 1. The third-order valence-electron chi connectivity index (χ3n) is 4.97. The quantitative estimate of drug-likeness (QED) is 0.216. The molecule has 0 aliphatic rings. The number of benzene rings is 2. The van der Waals surface area contributed by atoms with Gasteiger partial charge in [0.05, 0.1) is 23.7 Å². The van der Waals surface area contributed by atoms with Crippen molar-refractivity contribution < 1.29 is 14.3 Å². The van der Waals surface area contributed by atoms with E-state index in [0.717, 1.165) is 10.8 Å². The standard InChI is InChI=1S/C23H16BrN3O3S/c1-27-22(15-8-7-13-5-3-4-6-14(13)16(15)12-25)20(21(26-27)17(28)11-24)18-9-10-19(31-18)23(29)30-2/h3-10H,11H2,1-2H3. The van der Waals surface area contributed by atoms with E-state index in [-0.39, 0.29) is 16.8 Å². The minimum absolute atomic E-state index is 0.106. The van der Waals surface area contributed by atoms with Gasteiger partial charge in [0.25, 0.3) is 0 Å². The summed E-state index contributed by atoms with van der Waals surface area (Å²) in [5, 5.41) is 16.4. The minimum Gasteiger partial charge on any atom is -0.465 e. The summed E-state index contributed by atoms with van der Waals surface area (Å²) in [5.41, 5.74) is 2.70. The number of nitriles is 1. The molecule has 0 atom stereocenters. The van der Waals surface area contributed by atoms with E-state index in [4.69, 9.17) is 4.74 Å². The van der Waals surface area contributed by atoms with Gasteiger partial charge in [-0.05, 0) is 17.5 Å². The average Bonchev–Trinajstić information content (AvgIpc) is 3.41. The normalized spacial score (nSPS) is 10.8. The Morgan fingerprint density at radius 1 is 1.19 bits per heavy atom. The van der Waals surface area contributed by atoms with Crippen LogP contribution in [0.5, 0.6) is 0 Å². The summed E-state index contributed by atoms with van der Waals surface area (Å²) in [4.78, 5) is 25.8. The molecule has 0 unspecified atom stereocenters. The highest BCUT2D eigenvalue weighted by atomic mass is 79.9. The molecule has 8 heteroatoms. The Bertz CT molecular complexity index is 1380. The summed E-state index contributed by atoms with van der Waals surface area (Å²) < 4.78 is 6.44. The van der Waals surface area contributed by atoms with Crippen LogP contribution >= 0.6 is 27.3 Å². The van der Waals surface area contributed by atoms with E-state index < -0.39 is 5.97 Å². The molecule has 0 bridgehead atoms. The summed E-state index contributed by atoms with van der Waals surface area (Å²) >= 11 is 4.45. The summed E-state index contributed by atoms with van der Waals surface area (Å²) in [5.74, 6) is -0.636. The van der Waals surface area contributed by atoms with Gasteiger partial charge in [-0.15, -0.1) is 11.3 Å². The third kappa shape index (κ3) is 3.56. The number of ether oxygens (including phenoxy) is 1. The summed E-state index contributed by atoms with van der Waals surface area (Å²) in [7, 11) is 3.07. The molecule has 0 aliphatic heterocycles. The fraction of sp³-hybridized carbons (Fsp3) is 0.130. The molecule has 0 radical (unpaired) electrons. The zero-order chi connectivity index (χ0) is 22.1. The number of nitrogens with zero attached hydrogens (tertiary/aromatic N) is 3. The molecule has 0 aliphatic carbocycles. The largest absolute Gasteiger partial charge is 0.465 e. The zero-order valence-electron chi connectivity index (χ0n) is 16.7. The number of aromatic nitrogens is 2. The minimum atomic E-state index is -0.446. The lowest BCUT2D eigenvalue weighted by atomic mass is 9.94. The van der Waals surface area contributed by atoms with Crippen molar-refractivity contribution in [3.63, 3.8) is 0 Å². The number of rotatable bonds is 5. The van der Waals surface area contributed by atoms with Crippen LogP contribution in [0.3, 0.4) is 0 Å². The smallest absolute Gasteiger partial charge is 0.348 e. The number of aryl methyl sites for hydroxylation is 1. The first-order valence-corrected chi connectivity index (χ1v) is 11.2. The molecule has 4 aromatic rings. The van der Waals surface area contributed by atoms with Gasteiger partial charge in [0.15, 0.2) is 5.78 Å². The highest BCUT2D eigenvalue weighted by Crippen LogP contribution is 2.41. The van der Waals surface area contributed by atoms with Crippen molar-refractivity contribution in [2.75, 3.05) is 12.4 Å². The number of Topliss-reactive ketones (excluding diaryl/α,β-unsaturated/α-hetero) is 1. The van der Waals surface area contributed by atoms with Crippen molar-refractivity contribution in [2.45, 2.75) is 0 Å². The number of alkyl halides is 1. The van der Waals surface area contributed by atoms with Crippen LogP contribution in [0.2, 0.25) is 0 Å². The van der Waals surface area contributed by atoms with Gasteiger partial charge in [-0.25, -0.2) is 4.79 Å². The SMILES string of the molecule is COC(=O)c1ccc(-c2c(C(=O)CBr)nn(C)c2-c2ccc3ccccc3c2C#N)s1. The van der Waals surface area contributed by atoms with Crippen LogP contribution < -0.4 is 0 Å². The number of hydrogen-bond acceptors (Lipinski definition) is 6. The van der Waals surface area contributed by atoms with E-state index in [0.29, 0.717) is 32.1 Å². The fourth-order valence-corrected chi connectivity index (χ4v) is 4.83. The maximum Gasteiger partial charge on any atom is 0.348 e. The monoisotopic (exact) mass is 493 g/mol. The lowest BCUT2D eigenvalue weighted by Crippen LogP contribution is -2.03. The van der Waals surface area contributed by atoms with Crippen molar-refractivity contribution in [3.05, 3.63) is 64.7 Å². The van der Waals surface area contributed by atoms with Crippen molar-refractivity contribution in [2.24, 2.45) is 7.05 Å². The maximum absolute atomic E-state index is 12.7. The van der Waals surface area contributed by atoms with Crippen molar-refractivity contribution in [3.8, 4) is 27.8 Å². The van der Waals surface area contributed by atoms with Gasteiger partial charge in [-0.3, -0.25) is 9.48 Å². The van der Waals surface area contributed by atoms with E-state index in [1.165, 1.54) is 18.4 Å². The van der Waals surface area contributed by atoms with Gasteiger partial charge in [-0.1, -0.05) is 52.3 Å². The molecule has 0 saturated carbocycles. The highest BCUT2D eigenvalue weighted by molar-refractivity contribution is 9.09. The number of hydrogen-bond donors (Lipinski definition) is 0. The first-order valence-electron chi connectivity index (χ1n) is 9.27. The molecule has 4 rings (SSSR count). The Balaban J connectivity index is 2.04. The number of carbonyl (C=O) groups excluding carboxylic acids is 2. The predicted molar refractivity (Wildman–Crippen MR) is 124 cm³/mol. The summed E-state index contributed by atoms with van der Waals surface area (Å²) in [6, 6.07) is 17.2. The molecule has 2 heterocycles. The Hall–Kier alpha value is -3.28. The van der Waals surface area contributed by atoms with Gasteiger partial charge >= 0.3 is 5.97 Å². The number of esters is 1. The summed E-state index contributed by atoms with van der Waals surface area (Å²) in [6.07, 6.45) is 0. The lowest BCUT2D eigenvalue weighted by Gasteiger charge is -2.10. The third-order valence-corrected chi connectivity index (χ3v) is 6.56. The zero-order valence-corrected chi connectivity index (χ0v) is 19.1. The maximum atomic E-state index is 12.7. The highest BCUT2D eigenvalue weighted by Gasteiger charge is 2.27. The van der Waals surface area contributed by atoms with Crippen LogP contribution in [0.25, 0.3) is 32.5 Å². The van der Waals surface area contributed by atoms with E-state index in [1.54, 1.807) is 23.9 Å². The van der Waals surface area contributed by atoms with Crippen LogP contribution in [-0.2, 0) is 11.8 Å². The van der Waals surface area contributed by atoms with E-state index >= 15 is 0 Å². The van der Waals surface area contributed by atoms with Gasteiger partial charge in [-0.2, -0.15) is 10.4 Å². The molecule has 2 aromatic carbocycles. The molecule has 0 fully saturated rings. The second-order valence-corrected chi connectivity index (χ2v) is 8.37. The second-order valence-electron chi connectivity index (χ2n) is 6.73. The van der Waals surface area contributed by atoms with Gasteiger partial charge < -0.3 is 4.74 Å². The van der Waals surface area contributed by atoms with Crippen LogP contribution in [0.1, 0.15) is 25.7 Å². The Kier molecular flexibility index (Phi) is 5.72. The van der Waals surface area contributed by atoms with Crippen LogP contribution in [0, 0.1) is 11.3 Å².